The van der Waals surface area contributed by atoms with Gasteiger partial charge in [-0.2, -0.15) is 0 Å². The molecule has 0 atom stereocenters. The Labute approximate surface area is 95.7 Å². The van der Waals surface area contributed by atoms with Crippen molar-refractivity contribution in [3.8, 4) is 0 Å². The third-order valence-corrected chi connectivity index (χ3v) is 0. The molecule has 0 saturated carbocycles. The second-order valence-electron chi connectivity index (χ2n) is 0.271. The van der Waals surface area contributed by atoms with Crippen molar-refractivity contribution < 1.29 is 28.6 Å². The number of halogens is 8. The van der Waals surface area contributed by atoms with E-state index in [0.717, 1.165) is 0 Å². The zero-order valence-electron chi connectivity index (χ0n) is 3.46. The molecular formula is H4Br4F4Ni. The van der Waals surface area contributed by atoms with Gasteiger partial charge in [-0.3, -0.25) is 0 Å². The van der Waals surface area contributed by atoms with E-state index < -0.39 is 14.2 Å². The van der Waals surface area contributed by atoms with Crippen LogP contribution < -0.4 is 0 Å². The van der Waals surface area contributed by atoms with E-state index in [1.807, 2.05) is 0 Å². The molecule has 0 fully saturated rings. The average Bonchev–Trinajstić information content (AvgIpc) is 0.722. The van der Waals surface area contributed by atoms with E-state index >= 15 is 0 Å². The summed E-state index contributed by atoms with van der Waals surface area (Å²) in [6.45, 7) is 0. The minimum absolute atomic E-state index is 0. The minimum atomic E-state index is -6.25. The molecule has 0 aromatic carbocycles. The Morgan fingerprint density at radius 2 is 0.556 bits per heavy atom. The van der Waals surface area contributed by atoms with Crippen molar-refractivity contribution in [2.45, 2.75) is 0 Å². The SMILES string of the molecule is Br.Br.Br.Br.[F][Ni]([F])([F])[F]. The zero-order chi connectivity index (χ0) is 4.50. The third-order valence-electron chi connectivity index (χ3n) is 0. The van der Waals surface area contributed by atoms with E-state index in [9.17, 15) is 14.4 Å². The summed E-state index contributed by atoms with van der Waals surface area (Å²) in [7, 11) is 0. The molecular weight excluding hydrogens is 454 g/mol. The van der Waals surface area contributed by atoms with Crippen LogP contribution in [-0.4, -0.2) is 0 Å². The summed E-state index contributed by atoms with van der Waals surface area (Å²) >= 11 is -6.25. The van der Waals surface area contributed by atoms with Gasteiger partial charge in [-0.25, -0.2) is 0 Å². The molecule has 0 aromatic heterocycles. The molecule has 0 unspecified atom stereocenters. The molecule has 0 saturated heterocycles. The molecule has 70 valence electrons. The van der Waals surface area contributed by atoms with Gasteiger partial charge in [0, 0.05) is 0 Å². The van der Waals surface area contributed by atoms with E-state index in [0.29, 0.717) is 0 Å². The molecule has 0 aliphatic heterocycles. The van der Waals surface area contributed by atoms with Crippen molar-refractivity contribution in [2.75, 3.05) is 0 Å². The molecule has 0 spiro atoms. The number of rotatable bonds is 0. The predicted octanol–water partition coefficient (Wildman–Crippen LogP) is 3.99. The van der Waals surface area contributed by atoms with Gasteiger partial charge in [0.25, 0.3) is 0 Å². The van der Waals surface area contributed by atoms with Gasteiger partial charge < -0.3 is 0 Å². The van der Waals surface area contributed by atoms with Crippen molar-refractivity contribution in [1.29, 1.82) is 0 Å². The van der Waals surface area contributed by atoms with Crippen LogP contribution in [0.3, 0.4) is 0 Å². The maximum absolute atomic E-state index is 9.78. The van der Waals surface area contributed by atoms with Gasteiger partial charge in [-0.1, -0.05) is 0 Å². The Hall–Kier alpha value is 2.13. The summed E-state index contributed by atoms with van der Waals surface area (Å²) < 4.78 is 39.1. The Bertz CT molecular complexity index is 28.0. The summed E-state index contributed by atoms with van der Waals surface area (Å²) in [5.74, 6) is 0. The van der Waals surface area contributed by atoms with Crippen LogP contribution >= 0.6 is 67.9 Å². The number of hydrogen-bond acceptors (Lipinski definition) is 0. The molecule has 9 heavy (non-hydrogen) atoms. The summed E-state index contributed by atoms with van der Waals surface area (Å²) in [6.07, 6.45) is 0. The maximum atomic E-state index is 9.78. The molecule has 0 aliphatic carbocycles. The van der Waals surface area contributed by atoms with Crippen molar-refractivity contribution in [1.82, 2.24) is 0 Å². The molecule has 0 aliphatic rings. The van der Waals surface area contributed by atoms with Crippen molar-refractivity contribution >= 4 is 67.9 Å². The molecule has 0 bridgehead atoms. The fourth-order valence-corrected chi connectivity index (χ4v) is 0. The third kappa shape index (κ3) is 147. The Morgan fingerprint density at radius 3 is 0.556 bits per heavy atom. The monoisotopic (exact) mass is 454 g/mol. The van der Waals surface area contributed by atoms with Gasteiger partial charge in [0.1, 0.15) is 0 Å². The molecule has 0 heterocycles. The van der Waals surface area contributed by atoms with E-state index in [-0.39, 0.29) is 67.9 Å². The van der Waals surface area contributed by atoms with Crippen LogP contribution in [0.2, 0.25) is 0 Å². The Balaban J connectivity index is -0.0000000133. The van der Waals surface area contributed by atoms with Gasteiger partial charge in [0.2, 0.25) is 0 Å². The van der Waals surface area contributed by atoms with Crippen molar-refractivity contribution in [3.63, 3.8) is 0 Å². The van der Waals surface area contributed by atoms with E-state index in [1.165, 1.54) is 0 Å². The van der Waals surface area contributed by atoms with Crippen LogP contribution in [0, 0.1) is 0 Å². The standard InChI is InChI=1S/4BrH.4FH.Ni/h8*1H;/q;;;;;;;;+4/p-4. The Kier molecular flexibility index (Phi) is 43.1. The first-order valence-corrected chi connectivity index (χ1v) is 1.97. The fourth-order valence-electron chi connectivity index (χ4n) is 0. The van der Waals surface area contributed by atoms with Gasteiger partial charge >= 0.3 is 28.6 Å². The first-order valence-electron chi connectivity index (χ1n) is 0.478. The van der Waals surface area contributed by atoms with E-state index in [1.54, 1.807) is 0 Å². The van der Waals surface area contributed by atoms with Gasteiger partial charge in [-0.05, 0) is 0 Å². The first-order chi connectivity index (χ1) is 2.00. The molecule has 9 heteroatoms. The van der Waals surface area contributed by atoms with Crippen LogP contribution in [-0.2, 0) is 14.2 Å². The predicted molar refractivity (Wildman–Crippen MR) is 45.7 cm³/mol. The second-order valence-corrected chi connectivity index (χ2v) is 1.12. The fraction of sp³-hybridized carbons (Fsp3) is 0. The van der Waals surface area contributed by atoms with E-state index in [4.69, 9.17) is 0 Å². The van der Waals surface area contributed by atoms with Crippen molar-refractivity contribution in [2.24, 2.45) is 0 Å². The quantitative estimate of drug-likeness (QED) is 0.381. The van der Waals surface area contributed by atoms with Gasteiger partial charge in [0.05, 0.1) is 0 Å². The molecule has 0 aromatic rings. The molecule has 0 amide bonds. The number of hydrogen-bond donors (Lipinski definition) is 0. The molecule has 0 nitrogen and oxygen atoms in total. The average molecular weight is 458 g/mol. The normalized spacial score (nSPS) is 8.44. The summed E-state index contributed by atoms with van der Waals surface area (Å²) in [5.41, 5.74) is 0. The van der Waals surface area contributed by atoms with Gasteiger partial charge in [-0.15, -0.1) is 67.9 Å². The van der Waals surface area contributed by atoms with Crippen molar-refractivity contribution in [3.05, 3.63) is 0 Å². The summed E-state index contributed by atoms with van der Waals surface area (Å²) in [6, 6.07) is 0. The summed E-state index contributed by atoms with van der Waals surface area (Å²) in [5, 5.41) is 0. The first kappa shape index (κ1) is 30.4. The van der Waals surface area contributed by atoms with E-state index in [2.05, 4.69) is 0 Å². The topological polar surface area (TPSA) is 0 Å². The van der Waals surface area contributed by atoms with Crippen LogP contribution in [0.15, 0.2) is 0 Å². The molecule has 0 N–H and O–H groups in total. The van der Waals surface area contributed by atoms with Crippen LogP contribution in [0.25, 0.3) is 0 Å². The molecule has 0 radical (unpaired) electrons. The van der Waals surface area contributed by atoms with Gasteiger partial charge in [0.15, 0.2) is 0 Å². The molecule has 0 rings (SSSR count). The zero-order valence-corrected chi connectivity index (χ0v) is 11.3. The van der Waals surface area contributed by atoms with Crippen LogP contribution in [0.4, 0.5) is 14.4 Å². The Morgan fingerprint density at radius 1 is 0.556 bits per heavy atom. The van der Waals surface area contributed by atoms with Crippen LogP contribution in [0.1, 0.15) is 0 Å². The van der Waals surface area contributed by atoms with Crippen LogP contribution in [0.5, 0.6) is 0 Å². The summed E-state index contributed by atoms with van der Waals surface area (Å²) in [4.78, 5) is 0. The second kappa shape index (κ2) is 12.8.